The Balaban J connectivity index is 1.28. The van der Waals surface area contributed by atoms with Crippen molar-refractivity contribution < 1.29 is 13.2 Å². The number of carbonyl (C=O) groups excluding carboxylic acids is 1. The van der Waals surface area contributed by atoms with Crippen molar-refractivity contribution in [3.05, 3.63) is 99.3 Å². The molecule has 5 rings (SSSR count). The molecule has 0 atom stereocenters. The summed E-state index contributed by atoms with van der Waals surface area (Å²) in [6.07, 6.45) is 0.686. The van der Waals surface area contributed by atoms with E-state index in [1.54, 1.807) is 0 Å². The van der Waals surface area contributed by atoms with E-state index in [4.69, 9.17) is 0 Å². The summed E-state index contributed by atoms with van der Waals surface area (Å²) < 4.78 is 28.8. The van der Waals surface area contributed by atoms with Gasteiger partial charge in [-0.2, -0.15) is 4.31 Å². The van der Waals surface area contributed by atoms with E-state index < -0.39 is 10.0 Å². The number of nitrogens with one attached hydrogen (secondary N) is 1. The van der Waals surface area contributed by atoms with Crippen LogP contribution in [0, 0.1) is 0 Å². The summed E-state index contributed by atoms with van der Waals surface area (Å²) in [5, 5.41) is 5.15. The van der Waals surface area contributed by atoms with Gasteiger partial charge in [-0.05, 0) is 53.9 Å². The van der Waals surface area contributed by atoms with Crippen LogP contribution in [0.1, 0.15) is 21.5 Å². The second-order valence-corrected chi connectivity index (χ2v) is 11.6. The molecule has 6 nitrogen and oxygen atoms in total. The third kappa shape index (κ3) is 4.69. The number of carbonyl (C=O) groups is 1. The topological polar surface area (TPSA) is 79.4 Å². The van der Waals surface area contributed by atoms with Crippen LogP contribution in [-0.4, -0.2) is 30.2 Å². The molecule has 4 aromatic rings. The minimum absolute atomic E-state index is 0.176. The Hall–Kier alpha value is -2.85. The molecule has 172 valence electrons. The van der Waals surface area contributed by atoms with E-state index in [-0.39, 0.29) is 10.8 Å². The molecule has 3 aromatic carbocycles. The lowest BCUT2D eigenvalue weighted by molar-refractivity contribution is 0.102. The Morgan fingerprint density at radius 2 is 1.68 bits per heavy atom. The summed E-state index contributed by atoms with van der Waals surface area (Å²) in [5.41, 5.74) is 4.31. The standard InChI is InChI=1S/C25H20BrN3O3S2/c26-21-9-5-18(6-10-21)23-16-33-25(27-23)28-24(30)19-7-11-22(12-8-19)34(31,32)29-14-13-17-3-1-2-4-20(17)15-29/h1-12,16H,13-15H2,(H,27,28,30). The zero-order valence-electron chi connectivity index (χ0n) is 17.9. The number of halogens is 1. The van der Waals surface area contributed by atoms with Gasteiger partial charge in [0.15, 0.2) is 5.13 Å². The number of thiazole rings is 1. The molecule has 1 N–H and O–H groups in total. The van der Waals surface area contributed by atoms with Crippen LogP contribution in [-0.2, 0) is 23.0 Å². The van der Waals surface area contributed by atoms with Crippen molar-refractivity contribution in [2.24, 2.45) is 0 Å². The Morgan fingerprint density at radius 1 is 0.971 bits per heavy atom. The zero-order chi connectivity index (χ0) is 23.7. The Labute approximate surface area is 210 Å². The first kappa shape index (κ1) is 22.9. The maximum absolute atomic E-state index is 13.1. The maximum Gasteiger partial charge on any atom is 0.257 e. The number of hydrogen-bond acceptors (Lipinski definition) is 5. The molecule has 34 heavy (non-hydrogen) atoms. The highest BCUT2D eigenvalue weighted by atomic mass is 79.9. The summed E-state index contributed by atoms with van der Waals surface area (Å²) in [7, 11) is -3.65. The number of aromatic nitrogens is 1. The smallest absolute Gasteiger partial charge is 0.257 e. The first-order chi connectivity index (χ1) is 16.4. The van der Waals surface area contributed by atoms with E-state index in [2.05, 4.69) is 26.2 Å². The molecule has 0 unspecified atom stereocenters. The van der Waals surface area contributed by atoms with Crippen molar-refractivity contribution in [1.29, 1.82) is 0 Å². The number of fused-ring (bicyclic) bond motifs is 1. The van der Waals surface area contributed by atoms with Gasteiger partial charge >= 0.3 is 0 Å². The van der Waals surface area contributed by atoms with Crippen LogP contribution in [0.2, 0.25) is 0 Å². The highest BCUT2D eigenvalue weighted by Crippen LogP contribution is 2.27. The first-order valence-electron chi connectivity index (χ1n) is 10.6. The van der Waals surface area contributed by atoms with Crippen LogP contribution in [0.15, 0.2) is 87.5 Å². The van der Waals surface area contributed by atoms with Gasteiger partial charge in [0.2, 0.25) is 10.0 Å². The fourth-order valence-electron chi connectivity index (χ4n) is 3.86. The van der Waals surface area contributed by atoms with Crippen LogP contribution in [0.3, 0.4) is 0 Å². The maximum atomic E-state index is 13.1. The van der Waals surface area contributed by atoms with Gasteiger partial charge in [-0.3, -0.25) is 10.1 Å². The van der Waals surface area contributed by atoms with Crippen LogP contribution in [0.5, 0.6) is 0 Å². The quantitative estimate of drug-likeness (QED) is 0.350. The molecule has 0 radical (unpaired) electrons. The minimum atomic E-state index is -3.65. The van der Waals surface area contributed by atoms with Gasteiger partial charge in [-0.15, -0.1) is 11.3 Å². The average molecular weight is 554 g/mol. The molecule has 0 spiro atoms. The van der Waals surface area contributed by atoms with E-state index in [9.17, 15) is 13.2 Å². The van der Waals surface area contributed by atoms with Gasteiger partial charge in [0.05, 0.1) is 10.6 Å². The molecule has 1 aliphatic rings. The molecule has 0 fully saturated rings. The van der Waals surface area contributed by atoms with Crippen molar-refractivity contribution in [3.8, 4) is 11.3 Å². The summed E-state index contributed by atoms with van der Waals surface area (Å²) in [4.78, 5) is 17.4. The number of hydrogen-bond donors (Lipinski definition) is 1. The lowest BCUT2D eigenvalue weighted by atomic mass is 10.0. The monoisotopic (exact) mass is 553 g/mol. The fraction of sp³-hybridized carbons (Fsp3) is 0.120. The highest BCUT2D eigenvalue weighted by Gasteiger charge is 2.28. The zero-order valence-corrected chi connectivity index (χ0v) is 21.2. The number of benzene rings is 3. The number of rotatable bonds is 5. The molecule has 1 aromatic heterocycles. The molecule has 0 saturated heterocycles. The largest absolute Gasteiger partial charge is 0.298 e. The van der Waals surface area contributed by atoms with E-state index in [1.807, 2.05) is 53.9 Å². The molecule has 9 heteroatoms. The summed E-state index contributed by atoms with van der Waals surface area (Å²) in [6, 6.07) is 21.7. The van der Waals surface area contributed by atoms with Crippen LogP contribution in [0.25, 0.3) is 11.3 Å². The number of anilines is 1. The lowest BCUT2D eigenvalue weighted by Gasteiger charge is -2.28. The number of amides is 1. The van der Waals surface area contributed by atoms with E-state index in [0.717, 1.165) is 21.3 Å². The SMILES string of the molecule is O=C(Nc1nc(-c2ccc(Br)cc2)cs1)c1ccc(S(=O)(=O)N2CCc3ccccc3C2)cc1. The lowest BCUT2D eigenvalue weighted by Crippen LogP contribution is -2.35. The van der Waals surface area contributed by atoms with Crippen LogP contribution >= 0.6 is 27.3 Å². The van der Waals surface area contributed by atoms with E-state index in [0.29, 0.717) is 30.2 Å². The predicted octanol–water partition coefficient (Wildman–Crippen LogP) is 5.57. The molecule has 0 bridgehead atoms. The molecule has 1 aliphatic heterocycles. The Morgan fingerprint density at radius 3 is 2.41 bits per heavy atom. The summed E-state index contributed by atoms with van der Waals surface area (Å²) in [5.74, 6) is -0.340. The Kier molecular flexibility index (Phi) is 6.35. The molecule has 2 heterocycles. The van der Waals surface area contributed by atoms with Gasteiger partial charge in [0, 0.05) is 34.1 Å². The van der Waals surface area contributed by atoms with Gasteiger partial charge in [-0.25, -0.2) is 13.4 Å². The van der Waals surface area contributed by atoms with Crippen LogP contribution in [0.4, 0.5) is 5.13 Å². The highest BCUT2D eigenvalue weighted by molar-refractivity contribution is 9.10. The minimum Gasteiger partial charge on any atom is -0.298 e. The van der Waals surface area contributed by atoms with Gasteiger partial charge in [-0.1, -0.05) is 52.3 Å². The molecule has 0 saturated carbocycles. The first-order valence-corrected chi connectivity index (χ1v) is 13.7. The molecule has 0 aliphatic carbocycles. The second kappa shape index (κ2) is 9.42. The van der Waals surface area contributed by atoms with Crippen molar-refractivity contribution in [1.82, 2.24) is 9.29 Å². The molecular formula is C25H20BrN3O3S2. The molecule has 1 amide bonds. The Bertz CT molecular complexity index is 1450. The van der Waals surface area contributed by atoms with Crippen LogP contribution < -0.4 is 5.32 Å². The van der Waals surface area contributed by atoms with E-state index >= 15 is 0 Å². The van der Waals surface area contributed by atoms with Crippen molar-refractivity contribution in [2.75, 3.05) is 11.9 Å². The third-order valence-electron chi connectivity index (χ3n) is 5.71. The fourth-order valence-corrected chi connectivity index (χ4v) is 6.25. The average Bonchev–Trinajstić information content (AvgIpc) is 3.32. The molecular weight excluding hydrogens is 534 g/mol. The van der Waals surface area contributed by atoms with Gasteiger partial charge in [0.1, 0.15) is 0 Å². The number of sulfonamides is 1. The number of nitrogens with zero attached hydrogens (tertiary/aromatic N) is 2. The normalized spacial score (nSPS) is 13.9. The van der Waals surface area contributed by atoms with Gasteiger partial charge < -0.3 is 0 Å². The van der Waals surface area contributed by atoms with Crippen molar-refractivity contribution >= 4 is 48.3 Å². The predicted molar refractivity (Wildman–Crippen MR) is 137 cm³/mol. The van der Waals surface area contributed by atoms with Crippen molar-refractivity contribution in [3.63, 3.8) is 0 Å². The second-order valence-electron chi connectivity index (χ2n) is 7.88. The van der Waals surface area contributed by atoms with Gasteiger partial charge in [0.25, 0.3) is 5.91 Å². The summed E-state index contributed by atoms with van der Waals surface area (Å²) in [6.45, 7) is 0.790. The van der Waals surface area contributed by atoms with E-state index in [1.165, 1.54) is 45.5 Å². The summed E-state index contributed by atoms with van der Waals surface area (Å²) >= 11 is 4.75. The third-order valence-corrected chi connectivity index (χ3v) is 8.86. The van der Waals surface area contributed by atoms with Crippen molar-refractivity contribution in [2.45, 2.75) is 17.9 Å².